The number of carbonyl (C=O) groups excluding carboxylic acids is 6. The minimum atomic E-state index is -1.04. The van der Waals surface area contributed by atoms with Crippen molar-refractivity contribution in [2.45, 2.75) is 51.0 Å². The Bertz CT molecular complexity index is 2790. The number of methoxy groups -OCH3 is 1. The second-order valence-corrected chi connectivity index (χ2v) is 15.9. The quantitative estimate of drug-likeness (QED) is 0.0606. The van der Waals surface area contributed by atoms with Crippen LogP contribution in [0.5, 0.6) is 5.75 Å². The van der Waals surface area contributed by atoms with Crippen LogP contribution in [0.2, 0.25) is 0 Å². The number of hydrogen-bond donors (Lipinski definition) is 3. The third-order valence-corrected chi connectivity index (χ3v) is 11.9. The molecular weight excluding hydrogens is 848 g/mol. The van der Waals surface area contributed by atoms with Crippen molar-refractivity contribution in [2.24, 2.45) is 0 Å². The minimum absolute atomic E-state index is 0.00295. The van der Waals surface area contributed by atoms with Crippen LogP contribution in [0.1, 0.15) is 76.2 Å². The van der Waals surface area contributed by atoms with Crippen molar-refractivity contribution in [1.82, 2.24) is 30.1 Å². The fourth-order valence-corrected chi connectivity index (χ4v) is 8.45. The first-order chi connectivity index (χ1) is 32.1. The molecule has 6 amide bonds. The van der Waals surface area contributed by atoms with Crippen molar-refractivity contribution in [3.63, 3.8) is 0 Å². The fourth-order valence-electron chi connectivity index (χ4n) is 8.45. The predicted molar refractivity (Wildman–Crippen MR) is 241 cm³/mol. The van der Waals surface area contributed by atoms with E-state index in [0.717, 1.165) is 29.7 Å². The Morgan fingerprint density at radius 2 is 1.70 bits per heavy atom. The number of pyridine rings is 1. The maximum absolute atomic E-state index is 14.9. The van der Waals surface area contributed by atoms with Gasteiger partial charge in [-0.25, -0.2) is 19.2 Å². The molecular formula is C48H45FN10O7. The average Bonchev–Trinajstić information content (AvgIpc) is 3.59. The van der Waals surface area contributed by atoms with Gasteiger partial charge < -0.3 is 25.2 Å². The van der Waals surface area contributed by atoms with Crippen LogP contribution in [0.15, 0.2) is 85.3 Å². The zero-order valence-electron chi connectivity index (χ0n) is 36.0. The highest BCUT2D eigenvalue weighted by atomic mass is 19.1. The summed E-state index contributed by atoms with van der Waals surface area (Å²) in [4.78, 5) is 99.2. The number of fused-ring (bicyclic) bond motifs is 1. The van der Waals surface area contributed by atoms with Crippen LogP contribution in [-0.2, 0) is 14.4 Å². The smallest absolute Gasteiger partial charge is 0.274 e. The number of unbranched alkanes of at least 4 members (excludes halogenated alkanes) is 3. The Kier molecular flexibility index (Phi) is 13.3. The molecule has 0 bridgehead atoms. The van der Waals surface area contributed by atoms with E-state index in [4.69, 9.17) is 11.3 Å². The van der Waals surface area contributed by atoms with Gasteiger partial charge in [0.1, 0.15) is 23.3 Å². The maximum atomic E-state index is 14.9. The lowest BCUT2D eigenvalue weighted by atomic mass is 10.0. The van der Waals surface area contributed by atoms with E-state index in [1.165, 1.54) is 31.5 Å². The number of hydrogen-bond acceptors (Lipinski definition) is 12. The Morgan fingerprint density at radius 1 is 0.894 bits per heavy atom. The molecule has 2 saturated heterocycles. The van der Waals surface area contributed by atoms with E-state index in [0.29, 0.717) is 73.9 Å². The fraction of sp³-hybridized carbons (Fsp3) is 0.292. The summed E-state index contributed by atoms with van der Waals surface area (Å²) in [6, 6.07) is 16.8. The van der Waals surface area contributed by atoms with Crippen LogP contribution in [-0.4, -0.2) is 106 Å². The number of benzene rings is 3. The molecule has 0 aliphatic carbocycles. The molecule has 3 aromatic carbocycles. The number of aromatic nitrogens is 3. The first kappa shape index (κ1) is 44.5. The van der Waals surface area contributed by atoms with E-state index in [-0.39, 0.29) is 52.7 Å². The molecule has 18 heteroatoms. The number of amides is 6. The topological polar surface area (TPSA) is 200 Å². The second kappa shape index (κ2) is 19.8. The van der Waals surface area contributed by atoms with Gasteiger partial charge in [-0.2, -0.15) is 0 Å². The maximum Gasteiger partial charge on any atom is 0.274 e. The van der Waals surface area contributed by atoms with Gasteiger partial charge in [0, 0.05) is 75.4 Å². The summed E-state index contributed by atoms with van der Waals surface area (Å²) in [6.45, 7) is 10.1. The molecule has 0 saturated carbocycles. The predicted octanol–water partition coefficient (Wildman–Crippen LogP) is 6.27. The monoisotopic (exact) mass is 892 g/mol. The van der Waals surface area contributed by atoms with Crippen LogP contribution >= 0.6 is 0 Å². The summed E-state index contributed by atoms with van der Waals surface area (Å²) in [7, 11) is 1.41. The van der Waals surface area contributed by atoms with E-state index in [1.807, 2.05) is 11.0 Å². The van der Waals surface area contributed by atoms with E-state index >= 15 is 0 Å². The number of piperazine rings is 1. The molecule has 336 valence electrons. The van der Waals surface area contributed by atoms with Crippen LogP contribution in [0.25, 0.3) is 27.4 Å². The van der Waals surface area contributed by atoms with Gasteiger partial charge in [0.2, 0.25) is 17.7 Å². The molecule has 1 atom stereocenters. The number of halogens is 1. The van der Waals surface area contributed by atoms with Crippen molar-refractivity contribution in [3.8, 4) is 28.3 Å². The molecule has 5 aromatic rings. The van der Waals surface area contributed by atoms with E-state index in [1.54, 1.807) is 54.9 Å². The number of piperidine rings is 1. The number of rotatable bonds is 15. The number of imide groups is 2. The van der Waals surface area contributed by atoms with Crippen molar-refractivity contribution in [1.29, 1.82) is 0 Å². The van der Waals surface area contributed by atoms with Crippen LogP contribution in [0, 0.1) is 12.4 Å². The Hall–Kier alpha value is -8.07. The zero-order valence-corrected chi connectivity index (χ0v) is 36.0. The molecule has 2 aromatic heterocycles. The molecule has 3 N–H and O–H groups in total. The van der Waals surface area contributed by atoms with Gasteiger partial charge in [-0.15, -0.1) is 0 Å². The summed E-state index contributed by atoms with van der Waals surface area (Å²) in [5.74, 6) is -3.11. The van der Waals surface area contributed by atoms with Crippen molar-refractivity contribution in [2.75, 3.05) is 55.4 Å². The molecule has 17 nitrogen and oxygen atoms in total. The van der Waals surface area contributed by atoms with Crippen molar-refractivity contribution < 1.29 is 37.9 Å². The molecule has 5 heterocycles. The van der Waals surface area contributed by atoms with E-state index in [2.05, 4.69) is 40.6 Å². The zero-order chi connectivity index (χ0) is 46.3. The number of carbonyl (C=O) groups is 6. The normalized spacial score (nSPS) is 15.8. The number of nitrogens with one attached hydrogen (secondary N) is 3. The van der Waals surface area contributed by atoms with E-state index < -0.39 is 41.4 Å². The highest BCUT2D eigenvalue weighted by molar-refractivity contribution is 6.25. The Morgan fingerprint density at radius 3 is 2.48 bits per heavy atom. The Balaban J connectivity index is 0.855. The third kappa shape index (κ3) is 9.27. The molecule has 8 rings (SSSR count). The van der Waals surface area contributed by atoms with E-state index in [9.17, 15) is 33.2 Å². The molecule has 3 aliphatic heterocycles. The summed E-state index contributed by atoms with van der Waals surface area (Å²) in [5, 5.41) is 8.44. The van der Waals surface area contributed by atoms with Crippen LogP contribution in [0.3, 0.4) is 0 Å². The third-order valence-electron chi connectivity index (χ3n) is 11.9. The SMILES string of the molecule is [C-]#[N+]c1ccncc1-c1ccc(NC(=O)c2ccnc(-c3c(F)cccc3OC)n2)c(N2CCN(C(=O)CCCCCCNc3cccc4c3C(=O)N(C3CCC(=O)NC3=O)C4=O)CC2)c1. The minimum Gasteiger partial charge on any atom is -0.496 e. The highest BCUT2D eigenvalue weighted by Gasteiger charge is 2.45. The lowest BCUT2D eigenvalue weighted by Gasteiger charge is -2.37. The van der Waals surface area contributed by atoms with Gasteiger partial charge in [0.05, 0.1) is 41.7 Å². The lowest BCUT2D eigenvalue weighted by molar-refractivity contribution is -0.136. The van der Waals surface area contributed by atoms with Crippen molar-refractivity contribution in [3.05, 3.63) is 119 Å². The number of ether oxygens (including phenoxy) is 1. The highest BCUT2D eigenvalue weighted by Crippen LogP contribution is 2.37. The Labute approximate surface area is 379 Å². The molecule has 0 radical (unpaired) electrons. The van der Waals surface area contributed by atoms with Gasteiger partial charge in [0.15, 0.2) is 11.5 Å². The standard InChI is InChI=1S/C48H45FN10O7/c1-50-33-18-21-51-28-31(33)29-14-15-34(55-45(62)36-19-22-53-44(54-36)43-32(49)10-8-12-39(43)66-2)38(27-29)57-23-25-58(26-24-57)41(61)13-5-3-4-6-20-52-35-11-7-9-30-42(35)48(65)59(47(30)64)37-16-17-40(60)56-46(37)63/h7-12,14-15,18-19,21-22,27-28,37,52H,3-6,13,16-17,20,23-26H2,2H3,(H,55,62)(H,56,60,63). The molecule has 3 aliphatic rings. The molecule has 1 unspecified atom stereocenters. The van der Waals surface area contributed by atoms with Crippen molar-refractivity contribution >= 4 is 58.2 Å². The van der Waals surface area contributed by atoms with Crippen LogP contribution in [0.4, 0.5) is 27.1 Å². The largest absolute Gasteiger partial charge is 0.496 e. The summed E-state index contributed by atoms with van der Waals surface area (Å²) in [5.41, 5.74) is 3.89. The average molecular weight is 893 g/mol. The second-order valence-electron chi connectivity index (χ2n) is 15.9. The van der Waals surface area contributed by atoms with Crippen LogP contribution < -0.4 is 25.6 Å². The summed E-state index contributed by atoms with van der Waals surface area (Å²) in [6.07, 6.45) is 8.13. The van der Waals surface area contributed by atoms with Gasteiger partial charge in [-0.3, -0.25) is 44.0 Å². The summed E-state index contributed by atoms with van der Waals surface area (Å²) >= 11 is 0. The van der Waals surface area contributed by atoms with Gasteiger partial charge in [0.25, 0.3) is 17.7 Å². The summed E-state index contributed by atoms with van der Waals surface area (Å²) < 4.78 is 20.2. The number of nitrogens with zero attached hydrogens (tertiary/aromatic N) is 7. The lowest BCUT2D eigenvalue weighted by Crippen LogP contribution is -2.54. The van der Waals surface area contributed by atoms with Gasteiger partial charge >= 0.3 is 0 Å². The number of anilines is 3. The van der Waals surface area contributed by atoms with Gasteiger partial charge in [-0.05, 0) is 73.4 Å². The van der Waals surface area contributed by atoms with Gasteiger partial charge in [-0.1, -0.05) is 31.0 Å². The first-order valence-electron chi connectivity index (χ1n) is 21.6. The molecule has 66 heavy (non-hydrogen) atoms. The molecule has 2 fully saturated rings. The molecule has 0 spiro atoms. The first-order valence-corrected chi connectivity index (χ1v) is 21.6.